The second-order valence-corrected chi connectivity index (χ2v) is 5.77. The van der Waals surface area contributed by atoms with E-state index in [0.717, 1.165) is 10.0 Å². The Kier molecular flexibility index (Phi) is 3.36. The Hall–Kier alpha value is -1.65. The van der Waals surface area contributed by atoms with Crippen molar-refractivity contribution in [1.82, 2.24) is 9.97 Å². The molecule has 3 nitrogen and oxygen atoms in total. The number of nitrogens with zero attached hydrogens (tertiary/aromatic N) is 1. The molecule has 0 aliphatic heterocycles. The third-order valence-electron chi connectivity index (χ3n) is 3.04. The summed E-state index contributed by atoms with van der Waals surface area (Å²) in [5, 5.41) is 1.10. The van der Waals surface area contributed by atoms with Crippen LogP contribution in [0.1, 0.15) is 5.56 Å². The van der Waals surface area contributed by atoms with E-state index in [0.29, 0.717) is 27.3 Å². The van der Waals surface area contributed by atoms with E-state index in [4.69, 9.17) is 11.6 Å². The van der Waals surface area contributed by atoms with Gasteiger partial charge in [0.2, 0.25) is 0 Å². The maximum Gasteiger partial charge on any atom is 0.259 e. The molecular formula is C15H10BrClN2O. The summed E-state index contributed by atoms with van der Waals surface area (Å²) in [5.74, 6) is 0.475. The topological polar surface area (TPSA) is 45.8 Å². The summed E-state index contributed by atoms with van der Waals surface area (Å²) in [6, 6.07) is 11.1. The maximum absolute atomic E-state index is 12.1. The SMILES string of the molecule is Cc1cc(Br)c(Cl)c(-c2nc3ccccc3c(=O)[nH]2)c1. The number of hydrogen-bond donors (Lipinski definition) is 1. The summed E-state index contributed by atoms with van der Waals surface area (Å²) in [5.41, 5.74) is 2.23. The monoisotopic (exact) mass is 348 g/mol. The van der Waals surface area contributed by atoms with Crippen LogP contribution in [0.15, 0.2) is 45.7 Å². The molecule has 0 aliphatic rings. The molecule has 3 aromatic rings. The van der Waals surface area contributed by atoms with Gasteiger partial charge in [0.05, 0.1) is 15.9 Å². The highest BCUT2D eigenvalue weighted by Gasteiger charge is 2.12. The van der Waals surface area contributed by atoms with Crippen molar-refractivity contribution in [3.63, 3.8) is 0 Å². The molecule has 5 heteroatoms. The lowest BCUT2D eigenvalue weighted by molar-refractivity contribution is 1.17. The average Bonchev–Trinajstić information content (AvgIpc) is 2.43. The zero-order valence-corrected chi connectivity index (χ0v) is 12.9. The molecule has 0 unspecified atom stereocenters. The first-order valence-corrected chi connectivity index (χ1v) is 7.18. The van der Waals surface area contributed by atoms with Crippen molar-refractivity contribution in [3.05, 3.63) is 61.8 Å². The molecule has 0 bridgehead atoms. The molecule has 0 fully saturated rings. The van der Waals surface area contributed by atoms with Gasteiger partial charge in [-0.05, 0) is 52.7 Å². The number of benzene rings is 2. The number of para-hydroxylation sites is 1. The lowest BCUT2D eigenvalue weighted by atomic mass is 10.1. The molecule has 1 aromatic heterocycles. The third kappa shape index (κ3) is 2.25. The lowest BCUT2D eigenvalue weighted by Crippen LogP contribution is -2.09. The van der Waals surface area contributed by atoms with Crippen LogP contribution in [0.3, 0.4) is 0 Å². The summed E-state index contributed by atoms with van der Waals surface area (Å²) >= 11 is 9.71. The first kappa shape index (κ1) is 13.3. The van der Waals surface area contributed by atoms with Gasteiger partial charge in [0.1, 0.15) is 5.82 Å². The fourth-order valence-corrected chi connectivity index (χ4v) is 2.88. The van der Waals surface area contributed by atoms with Crippen molar-refractivity contribution in [2.45, 2.75) is 6.92 Å². The number of rotatable bonds is 1. The summed E-state index contributed by atoms with van der Waals surface area (Å²) in [6.07, 6.45) is 0. The Morgan fingerprint density at radius 3 is 2.80 bits per heavy atom. The Labute approximate surface area is 128 Å². The van der Waals surface area contributed by atoms with Gasteiger partial charge in [0.25, 0.3) is 5.56 Å². The normalized spacial score (nSPS) is 10.9. The molecule has 3 rings (SSSR count). The van der Waals surface area contributed by atoms with Crippen molar-refractivity contribution in [2.75, 3.05) is 0 Å². The molecule has 0 saturated carbocycles. The minimum Gasteiger partial charge on any atom is -0.306 e. The average molecular weight is 350 g/mol. The van der Waals surface area contributed by atoms with Gasteiger partial charge in [-0.2, -0.15) is 0 Å². The van der Waals surface area contributed by atoms with E-state index in [9.17, 15) is 4.79 Å². The number of aromatic nitrogens is 2. The van der Waals surface area contributed by atoms with E-state index in [2.05, 4.69) is 25.9 Å². The molecule has 1 N–H and O–H groups in total. The van der Waals surface area contributed by atoms with E-state index >= 15 is 0 Å². The van der Waals surface area contributed by atoms with Crippen molar-refractivity contribution >= 4 is 38.4 Å². The molecule has 0 atom stereocenters. The van der Waals surface area contributed by atoms with Gasteiger partial charge in [-0.3, -0.25) is 4.79 Å². The Balaban J connectivity index is 2.33. The van der Waals surface area contributed by atoms with Gasteiger partial charge < -0.3 is 4.98 Å². The van der Waals surface area contributed by atoms with Crippen LogP contribution in [-0.4, -0.2) is 9.97 Å². The van der Waals surface area contributed by atoms with Crippen molar-refractivity contribution < 1.29 is 0 Å². The molecule has 0 spiro atoms. The molecule has 20 heavy (non-hydrogen) atoms. The fraction of sp³-hybridized carbons (Fsp3) is 0.0667. The molecule has 100 valence electrons. The summed E-state index contributed by atoms with van der Waals surface area (Å²) in [6.45, 7) is 1.96. The van der Waals surface area contributed by atoms with Crippen molar-refractivity contribution in [1.29, 1.82) is 0 Å². The van der Waals surface area contributed by atoms with Gasteiger partial charge in [0.15, 0.2) is 0 Å². The quantitative estimate of drug-likeness (QED) is 0.711. The molecular weight excluding hydrogens is 340 g/mol. The maximum atomic E-state index is 12.1. The van der Waals surface area contributed by atoms with Crippen LogP contribution in [0.25, 0.3) is 22.3 Å². The number of halogens is 2. The van der Waals surface area contributed by atoms with Gasteiger partial charge in [-0.1, -0.05) is 23.7 Å². The molecule has 0 saturated heterocycles. The highest BCUT2D eigenvalue weighted by Crippen LogP contribution is 2.33. The van der Waals surface area contributed by atoms with Gasteiger partial charge in [0, 0.05) is 10.0 Å². The van der Waals surface area contributed by atoms with E-state index < -0.39 is 0 Å². The number of hydrogen-bond acceptors (Lipinski definition) is 2. The predicted octanol–water partition coefficient (Wildman–Crippen LogP) is 4.31. The minimum absolute atomic E-state index is 0.167. The molecule has 0 amide bonds. The van der Waals surface area contributed by atoms with E-state index in [1.807, 2.05) is 37.3 Å². The number of fused-ring (bicyclic) bond motifs is 1. The van der Waals surface area contributed by atoms with Crippen LogP contribution in [0, 0.1) is 6.92 Å². The van der Waals surface area contributed by atoms with Gasteiger partial charge in [-0.15, -0.1) is 0 Å². The Bertz CT molecular complexity index is 873. The van der Waals surface area contributed by atoms with Crippen LogP contribution in [0.5, 0.6) is 0 Å². The second kappa shape index (κ2) is 5.04. The summed E-state index contributed by atoms with van der Waals surface area (Å²) in [4.78, 5) is 19.4. The minimum atomic E-state index is -0.167. The van der Waals surface area contributed by atoms with E-state index in [1.165, 1.54) is 0 Å². The lowest BCUT2D eigenvalue weighted by Gasteiger charge is -2.08. The fourth-order valence-electron chi connectivity index (χ4n) is 2.11. The number of nitrogens with one attached hydrogen (secondary N) is 1. The molecule has 0 radical (unpaired) electrons. The zero-order chi connectivity index (χ0) is 14.3. The smallest absolute Gasteiger partial charge is 0.259 e. The third-order valence-corrected chi connectivity index (χ3v) is 4.30. The molecule has 1 heterocycles. The Morgan fingerprint density at radius 1 is 1.25 bits per heavy atom. The number of aryl methyl sites for hydroxylation is 1. The van der Waals surface area contributed by atoms with Crippen LogP contribution in [0.4, 0.5) is 0 Å². The Morgan fingerprint density at radius 2 is 2.00 bits per heavy atom. The molecule has 2 aromatic carbocycles. The van der Waals surface area contributed by atoms with Gasteiger partial charge in [-0.25, -0.2) is 4.98 Å². The predicted molar refractivity (Wildman–Crippen MR) is 85.2 cm³/mol. The number of aromatic amines is 1. The first-order valence-electron chi connectivity index (χ1n) is 6.01. The summed E-state index contributed by atoms with van der Waals surface area (Å²) < 4.78 is 0.782. The van der Waals surface area contributed by atoms with Crippen LogP contribution in [-0.2, 0) is 0 Å². The van der Waals surface area contributed by atoms with Gasteiger partial charge >= 0.3 is 0 Å². The highest BCUT2D eigenvalue weighted by atomic mass is 79.9. The van der Waals surface area contributed by atoms with Crippen molar-refractivity contribution in [2.24, 2.45) is 0 Å². The largest absolute Gasteiger partial charge is 0.306 e. The first-order chi connectivity index (χ1) is 9.56. The van der Waals surface area contributed by atoms with E-state index in [1.54, 1.807) is 6.07 Å². The van der Waals surface area contributed by atoms with Crippen LogP contribution in [0.2, 0.25) is 5.02 Å². The summed E-state index contributed by atoms with van der Waals surface area (Å²) in [7, 11) is 0. The second-order valence-electron chi connectivity index (χ2n) is 4.54. The van der Waals surface area contributed by atoms with Crippen LogP contribution < -0.4 is 5.56 Å². The molecule has 0 aliphatic carbocycles. The van der Waals surface area contributed by atoms with Crippen molar-refractivity contribution in [3.8, 4) is 11.4 Å². The van der Waals surface area contributed by atoms with E-state index in [-0.39, 0.29) is 5.56 Å². The zero-order valence-electron chi connectivity index (χ0n) is 10.6. The highest BCUT2D eigenvalue weighted by molar-refractivity contribution is 9.10. The standard InChI is InChI=1S/C15H10BrClN2O/c1-8-6-10(13(17)11(16)7-8)14-18-12-5-3-2-4-9(12)15(20)19-14/h2-7H,1H3,(H,18,19,20). The number of H-pyrrole nitrogens is 1. The van der Waals surface area contributed by atoms with Crippen LogP contribution >= 0.6 is 27.5 Å².